The summed E-state index contributed by atoms with van der Waals surface area (Å²) in [6, 6.07) is 24.8. The summed E-state index contributed by atoms with van der Waals surface area (Å²) < 4.78 is 0.744. The second-order valence-electron chi connectivity index (χ2n) is 10.8. The van der Waals surface area contributed by atoms with Gasteiger partial charge < -0.3 is 0 Å². The lowest BCUT2D eigenvalue weighted by atomic mass is 9.77. The van der Waals surface area contributed by atoms with E-state index in [9.17, 15) is 14.4 Å². The van der Waals surface area contributed by atoms with Gasteiger partial charge in [-0.05, 0) is 60.2 Å². The van der Waals surface area contributed by atoms with Gasteiger partial charge in [0.05, 0.1) is 17.4 Å². The van der Waals surface area contributed by atoms with Gasteiger partial charge in [0, 0.05) is 10.4 Å². The van der Waals surface area contributed by atoms with Crippen LogP contribution in [0.4, 0.5) is 5.69 Å². The Morgan fingerprint density at radius 3 is 2.45 bits per heavy atom. The van der Waals surface area contributed by atoms with Crippen LogP contribution in [0.2, 0.25) is 0 Å². The Labute approximate surface area is 251 Å². The summed E-state index contributed by atoms with van der Waals surface area (Å²) in [4.78, 5) is 41.8. The zero-order valence-corrected chi connectivity index (χ0v) is 24.2. The highest BCUT2D eigenvalue weighted by molar-refractivity contribution is 9.10. The van der Waals surface area contributed by atoms with Crippen LogP contribution in [0.3, 0.4) is 0 Å². The van der Waals surface area contributed by atoms with Gasteiger partial charge in [-0.3, -0.25) is 19.4 Å². The van der Waals surface area contributed by atoms with Crippen LogP contribution in [-0.4, -0.2) is 52.1 Å². The lowest BCUT2D eigenvalue weighted by molar-refractivity contribution is -0.136. The molecule has 3 aliphatic heterocycles. The quantitative estimate of drug-likeness (QED) is 0.348. The number of fused-ring (bicyclic) bond motifs is 2. The molecular weight excluding hydrogens is 596 g/mol. The monoisotopic (exact) mass is 622 g/mol. The van der Waals surface area contributed by atoms with Crippen molar-refractivity contribution in [2.24, 2.45) is 21.4 Å². The molecule has 3 aromatic carbocycles. The van der Waals surface area contributed by atoms with E-state index in [0.29, 0.717) is 5.69 Å². The van der Waals surface area contributed by atoms with Crippen molar-refractivity contribution in [3.63, 3.8) is 0 Å². The molecule has 3 amide bonds. The lowest BCUT2D eigenvalue weighted by Gasteiger charge is -2.30. The summed E-state index contributed by atoms with van der Waals surface area (Å²) in [6.45, 7) is -0.222. The molecule has 4 aliphatic rings. The summed E-state index contributed by atoms with van der Waals surface area (Å²) in [5.74, 6) is -1.15. The molecule has 1 aliphatic carbocycles. The van der Waals surface area contributed by atoms with Gasteiger partial charge in [0.1, 0.15) is 6.54 Å². The SMILES string of the molecule is O=C1C2N=NN(CC(=O)N3N=C4/C(=C\c5ccccc5)CCCC4C3c3ccccc3)C2C(=O)N1c1cccc(Br)c1. The van der Waals surface area contributed by atoms with Gasteiger partial charge in [-0.2, -0.15) is 10.2 Å². The highest BCUT2D eigenvalue weighted by atomic mass is 79.9. The van der Waals surface area contributed by atoms with E-state index < -0.39 is 23.9 Å². The molecular formula is C32H27BrN6O3. The molecule has 42 heavy (non-hydrogen) atoms. The molecule has 2 fully saturated rings. The van der Waals surface area contributed by atoms with Gasteiger partial charge in [0.2, 0.25) is 0 Å². The van der Waals surface area contributed by atoms with Gasteiger partial charge in [0.15, 0.2) is 12.1 Å². The van der Waals surface area contributed by atoms with Crippen LogP contribution < -0.4 is 4.90 Å². The molecule has 10 heteroatoms. The third kappa shape index (κ3) is 4.56. The van der Waals surface area contributed by atoms with Crippen LogP contribution in [-0.2, 0) is 14.4 Å². The van der Waals surface area contributed by atoms with Crippen molar-refractivity contribution in [2.75, 3.05) is 11.4 Å². The fraction of sp³-hybridized carbons (Fsp3) is 0.250. The number of hydrogen-bond acceptors (Lipinski definition) is 7. The first-order valence-electron chi connectivity index (χ1n) is 14.0. The van der Waals surface area contributed by atoms with Gasteiger partial charge in [0.25, 0.3) is 17.7 Å². The van der Waals surface area contributed by atoms with E-state index in [-0.39, 0.29) is 24.4 Å². The third-order valence-electron chi connectivity index (χ3n) is 8.26. The van der Waals surface area contributed by atoms with Crippen molar-refractivity contribution in [3.8, 4) is 0 Å². The fourth-order valence-electron chi connectivity index (χ4n) is 6.38. The van der Waals surface area contributed by atoms with E-state index in [0.717, 1.165) is 51.0 Å². The number of rotatable bonds is 5. The van der Waals surface area contributed by atoms with E-state index in [2.05, 4.69) is 44.5 Å². The minimum atomic E-state index is -0.984. The average molecular weight is 624 g/mol. The predicted octanol–water partition coefficient (Wildman–Crippen LogP) is 5.57. The summed E-state index contributed by atoms with van der Waals surface area (Å²) >= 11 is 3.40. The Bertz CT molecular complexity index is 1660. The van der Waals surface area contributed by atoms with Crippen LogP contribution in [0.25, 0.3) is 6.08 Å². The molecule has 9 nitrogen and oxygen atoms in total. The number of nitrogens with zero attached hydrogens (tertiary/aromatic N) is 6. The maximum absolute atomic E-state index is 14.0. The fourth-order valence-corrected chi connectivity index (χ4v) is 6.76. The molecule has 0 bridgehead atoms. The van der Waals surface area contributed by atoms with Crippen LogP contribution in [0.5, 0.6) is 0 Å². The van der Waals surface area contributed by atoms with E-state index in [1.54, 1.807) is 23.2 Å². The summed E-state index contributed by atoms with van der Waals surface area (Å²) in [6.07, 6.45) is 4.97. The normalized spacial score (nSPS) is 25.7. The first-order valence-corrected chi connectivity index (χ1v) is 14.8. The van der Waals surface area contributed by atoms with E-state index >= 15 is 0 Å². The number of benzene rings is 3. The van der Waals surface area contributed by atoms with Crippen molar-refractivity contribution >= 4 is 51.1 Å². The average Bonchev–Trinajstić information content (AvgIpc) is 3.67. The van der Waals surface area contributed by atoms with Crippen molar-refractivity contribution in [3.05, 3.63) is 106 Å². The Kier molecular flexibility index (Phi) is 6.78. The number of imide groups is 1. The molecule has 0 radical (unpaired) electrons. The lowest BCUT2D eigenvalue weighted by Crippen LogP contribution is -2.45. The number of hydrogen-bond donors (Lipinski definition) is 0. The smallest absolute Gasteiger partial charge is 0.264 e. The summed E-state index contributed by atoms with van der Waals surface area (Å²) in [5.41, 5.74) is 4.62. The van der Waals surface area contributed by atoms with Gasteiger partial charge >= 0.3 is 0 Å². The Morgan fingerprint density at radius 2 is 1.69 bits per heavy atom. The van der Waals surface area contributed by atoms with E-state index in [4.69, 9.17) is 5.10 Å². The zero-order chi connectivity index (χ0) is 28.8. The minimum Gasteiger partial charge on any atom is -0.271 e. The van der Waals surface area contributed by atoms with Crippen molar-refractivity contribution < 1.29 is 14.4 Å². The largest absolute Gasteiger partial charge is 0.271 e. The zero-order valence-electron chi connectivity index (χ0n) is 22.6. The molecule has 7 rings (SSSR count). The number of allylic oxidation sites excluding steroid dienone is 1. The molecule has 3 heterocycles. The van der Waals surface area contributed by atoms with Crippen LogP contribution in [0, 0.1) is 5.92 Å². The molecule has 4 unspecified atom stereocenters. The first-order chi connectivity index (χ1) is 20.5. The Balaban J connectivity index is 1.18. The standard InChI is InChI=1S/C32H27BrN6O3/c33-23-14-8-15-24(18-23)38-31(41)28-30(32(38)42)37(36-34-28)19-26(40)39-29(21-11-5-2-6-12-21)25-16-7-13-22(27(25)35-39)17-20-9-3-1-4-10-20/h1-6,8-12,14-15,17-18,25,28-30H,7,13,16,19H2/b22-17-. The summed E-state index contributed by atoms with van der Waals surface area (Å²) in [5, 5.41) is 16.1. The second-order valence-corrected chi connectivity index (χ2v) is 11.8. The molecule has 0 aromatic heterocycles. The number of carbonyl (C=O) groups is 3. The van der Waals surface area contributed by atoms with E-state index in [1.807, 2.05) is 54.6 Å². The predicted molar refractivity (Wildman–Crippen MR) is 161 cm³/mol. The molecule has 0 spiro atoms. The number of amides is 3. The van der Waals surface area contributed by atoms with Gasteiger partial charge in [-0.15, -0.1) is 0 Å². The number of anilines is 1. The van der Waals surface area contributed by atoms with Crippen molar-refractivity contribution in [1.82, 2.24) is 10.0 Å². The summed E-state index contributed by atoms with van der Waals surface area (Å²) in [7, 11) is 0. The van der Waals surface area contributed by atoms with Gasteiger partial charge in [-0.25, -0.2) is 9.91 Å². The molecule has 1 saturated carbocycles. The maximum Gasteiger partial charge on any atom is 0.264 e. The van der Waals surface area contributed by atoms with Gasteiger partial charge in [-0.1, -0.05) is 87.9 Å². The van der Waals surface area contributed by atoms with Crippen molar-refractivity contribution in [1.29, 1.82) is 0 Å². The van der Waals surface area contributed by atoms with Crippen LogP contribution in [0.1, 0.15) is 36.4 Å². The second kappa shape index (κ2) is 10.8. The molecule has 4 atom stereocenters. The molecule has 3 aromatic rings. The third-order valence-corrected chi connectivity index (χ3v) is 8.75. The molecule has 210 valence electrons. The molecule has 1 saturated heterocycles. The topological polar surface area (TPSA) is 98.0 Å². The minimum absolute atomic E-state index is 0.0507. The Hall–Kier alpha value is -4.44. The van der Waals surface area contributed by atoms with Crippen LogP contribution >= 0.6 is 15.9 Å². The van der Waals surface area contributed by atoms with E-state index in [1.165, 1.54) is 5.01 Å². The number of halogens is 1. The molecule has 0 N–H and O–H groups in total. The first kappa shape index (κ1) is 26.5. The highest BCUT2D eigenvalue weighted by Gasteiger charge is 2.55. The number of hydrazone groups is 1. The number of carbonyl (C=O) groups excluding carboxylic acids is 3. The Morgan fingerprint density at radius 1 is 0.929 bits per heavy atom. The van der Waals surface area contributed by atoms with Crippen LogP contribution in [0.15, 0.2) is 110 Å². The highest BCUT2D eigenvalue weighted by Crippen LogP contribution is 2.44. The van der Waals surface area contributed by atoms with Crippen molar-refractivity contribution in [2.45, 2.75) is 37.4 Å². The maximum atomic E-state index is 14.0.